The van der Waals surface area contributed by atoms with Crippen LogP contribution < -0.4 is 14.8 Å². The highest BCUT2D eigenvalue weighted by atomic mass is 19.3. The van der Waals surface area contributed by atoms with Gasteiger partial charge in [-0.25, -0.2) is 18.7 Å². The van der Waals surface area contributed by atoms with Crippen molar-refractivity contribution in [1.82, 2.24) is 15.0 Å². The van der Waals surface area contributed by atoms with Crippen LogP contribution >= 0.6 is 0 Å². The van der Waals surface area contributed by atoms with E-state index in [2.05, 4.69) is 20.3 Å². The number of carbonyl (C=O) groups is 1. The highest BCUT2D eigenvalue weighted by molar-refractivity contribution is 5.75. The molecule has 0 amide bonds. The van der Waals surface area contributed by atoms with Crippen LogP contribution in [-0.2, 0) is 10.4 Å². The van der Waals surface area contributed by atoms with Crippen LogP contribution in [0.25, 0.3) is 11.3 Å². The summed E-state index contributed by atoms with van der Waals surface area (Å²) in [4.78, 5) is 26.1. The number of esters is 1. The molecule has 0 radical (unpaired) electrons. The number of hydrogen-bond acceptors (Lipinski definition) is 8. The lowest BCUT2D eigenvalue weighted by atomic mass is 9.73. The van der Waals surface area contributed by atoms with Gasteiger partial charge in [-0.05, 0) is 112 Å². The average Bonchev–Trinajstić information content (AvgIpc) is 3.01. The van der Waals surface area contributed by atoms with Gasteiger partial charge in [-0.2, -0.15) is 0 Å². The molecule has 0 bridgehead atoms. The summed E-state index contributed by atoms with van der Waals surface area (Å²) in [5, 5.41) is 14.5. The molecule has 10 heteroatoms. The third-order valence-electron chi connectivity index (χ3n) is 7.97. The van der Waals surface area contributed by atoms with E-state index in [4.69, 9.17) is 9.47 Å². The number of ether oxygens (including phenoxy) is 2. The summed E-state index contributed by atoms with van der Waals surface area (Å²) in [7, 11) is 1.58. The molecule has 1 aliphatic rings. The molecule has 1 fully saturated rings. The van der Waals surface area contributed by atoms with E-state index in [9.17, 15) is 18.7 Å². The molecule has 0 unspecified atom stereocenters. The first kappa shape index (κ1) is 30.0. The summed E-state index contributed by atoms with van der Waals surface area (Å²) >= 11 is 0. The number of methoxy groups -OCH3 is 1. The second kappa shape index (κ2) is 12.8. The van der Waals surface area contributed by atoms with Crippen LogP contribution in [0.1, 0.15) is 55.9 Å². The van der Waals surface area contributed by atoms with Gasteiger partial charge in [0.05, 0.1) is 24.4 Å². The van der Waals surface area contributed by atoms with Gasteiger partial charge in [0.25, 0.3) is 6.43 Å². The minimum atomic E-state index is -2.59. The molecule has 5 rings (SSSR count). The van der Waals surface area contributed by atoms with Gasteiger partial charge in [-0.3, -0.25) is 9.78 Å². The first-order chi connectivity index (χ1) is 20.6. The molecule has 0 saturated heterocycles. The fraction of sp³-hybridized carbons (Fsp3) is 0.333. The highest BCUT2D eigenvalue weighted by Gasteiger charge is 2.39. The van der Waals surface area contributed by atoms with Crippen LogP contribution in [0.5, 0.6) is 11.5 Å². The number of aryl methyl sites for hydroxylation is 1. The van der Waals surface area contributed by atoms with E-state index in [1.807, 2.05) is 19.1 Å². The molecule has 43 heavy (non-hydrogen) atoms. The number of rotatable bonds is 9. The maximum absolute atomic E-state index is 13.1. The molecule has 1 atom stereocenters. The lowest BCUT2D eigenvalue weighted by Crippen LogP contribution is -2.37. The summed E-state index contributed by atoms with van der Waals surface area (Å²) in [5.41, 5.74) is 1.53. The van der Waals surface area contributed by atoms with Gasteiger partial charge in [0.15, 0.2) is 0 Å². The number of carbonyl (C=O) groups excluding carboxylic acids is 1. The van der Waals surface area contributed by atoms with Gasteiger partial charge in [0, 0.05) is 23.5 Å². The van der Waals surface area contributed by atoms with Gasteiger partial charge in [-0.15, -0.1) is 0 Å². The standard InChI is InChI=1S/C33H34F2N4O4/c1-20-16-27(38-30(17-20)39-29-18-22(31(34)35)14-15-36-29)23-6-13-28(37-19-23)33(2,41)24-7-4-21(5-8-24)32(40)43-26-11-9-25(42-3)10-12-26/h6,9-19,21,24,31,41H,4-5,7-8H2,1-3H3,(H,36,38,39)/t21?,24?,33-/m1/s1. The van der Waals surface area contributed by atoms with Crippen molar-refractivity contribution in [2.24, 2.45) is 11.8 Å². The molecule has 3 aromatic heterocycles. The smallest absolute Gasteiger partial charge is 0.314 e. The number of hydrogen-bond donors (Lipinski definition) is 2. The van der Waals surface area contributed by atoms with Gasteiger partial charge in [0.2, 0.25) is 0 Å². The molecular weight excluding hydrogens is 554 g/mol. The molecule has 1 saturated carbocycles. The van der Waals surface area contributed by atoms with Crippen LogP contribution in [0.3, 0.4) is 0 Å². The first-order valence-electron chi connectivity index (χ1n) is 14.2. The van der Waals surface area contributed by atoms with E-state index < -0.39 is 12.0 Å². The summed E-state index contributed by atoms with van der Waals surface area (Å²) in [6, 6.07) is 16.8. The van der Waals surface area contributed by atoms with Crippen LogP contribution in [-0.4, -0.2) is 33.1 Å². The Bertz CT molecular complexity index is 1550. The third kappa shape index (κ3) is 7.14. The molecule has 1 aromatic carbocycles. The topological polar surface area (TPSA) is 106 Å². The first-order valence-corrected chi connectivity index (χ1v) is 14.2. The molecule has 3 heterocycles. The zero-order valence-electron chi connectivity index (χ0n) is 24.3. The Morgan fingerprint density at radius 1 is 0.977 bits per heavy atom. The number of nitrogens with one attached hydrogen (secondary N) is 1. The maximum atomic E-state index is 13.1. The number of anilines is 2. The van der Waals surface area contributed by atoms with Crippen molar-refractivity contribution in [3.8, 4) is 22.8 Å². The van der Waals surface area contributed by atoms with Crippen LogP contribution in [0.15, 0.2) is 73.1 Å². The monoisotopic (exact) mass is 588 g/mol. The van der Waals surface area contributed by atoms with Crippen LogP contribution in [0, 0.1) is 18.8 Å². The zero-order valence-corrected chi connectivity index (χ0v) is 24.3. The molecule has 8 nitrogen and oxygen atoms in total. The van der Waals surface area contributed by atoms with Crippen molar-refractivity contribution in [2.75, 3.05) is 12.4 Å². The summed E-state index contributed by atoms with van der Waals surface area (Å²) in [6.45, 7) is 3.68. The van der Waals surface area contributed by atoms with E-state index in [1.54, 1.807) is 56.6 Å². The molecular formula is C33H34F2N4O4. The van der Waals surface area contributed by atoms with Gasteiger partial charge in [-0.1, -0.05) is 0 Å². The van der Waals surface area contributed by atoms with Crippen LogP contribution in [0.4, 0.5) is 20.4 Å². The highest BCUT2D eigenvalue weighted by Crippen LogP contribution is 2.41. The lowest BCUT2D eigenvalue weighted by Gasteiger charge is -2.37. The predicted octanol–water partition coefficient (Wildman–Crippen LogP) is 7.16. The van der Waals surface area contributed by atoms with Crippen molar-refractivity contribution in [1.29, 1.82) is 0 Å². The maximum Gasteiger partial charge on any atom is 0.314 e. The minimum absolute atomic E-state index is 0.0692. The lowest BCUT2D eigenvalue weighted by molar-refractivity contribution is -0.141. The summed E-state index contributed by atoms with van der Waals surface area (Å²) in [6.07, 6.45) is 2.96. The number of nitrogens with zero attached hydrogens (tertiary/aromatic N) is 3. The predicted molar refractivity (Wildman–Crippen MR) is 158 cm³/mol. The normalized spacial score (nSPS) is 18.1. The van der Waals surface area contributed by atoms with E-state index in [-0.39, 0.29) is 29.2 Å². The third-order valence-corrected chi connectivity index (χ3v) is 7.97. The largest absolute Gasteiger partial charge is 0.497 e. The quantitative estimate of drug-likeness (QED) is 0.157. The Morgan fingerprint density at radius 2 is 1.70 bits per heavy atom. The Balaban J connectivity index is 1.22. The van der Waals surface area contributed by atoms with Crippen molar-refractivity contribution in [2.45, 2.75) is 51.6 Å². The molecule has 1 aliphatic carbocycles. The number of halogens is 2. The SMILES string of the molecule is COc1ccc(OC(=O)C2CCC([C@@](C)(O)c3ccc(-c4cc(C)cc(Nc5cc(C(F)F)ccn5)n4)cn3)CC2)cc1. The Morgan fingerprint density at radius 3 is 2.35 bits per heavy atom. The Hall–Kier alpha value is -4.44. The molecule has 4 aromatic rings. The number of benzene rings is 1. The molecule has 2 N–H and O–H groups in total. The molecule has 0 spiro atoms. The molecule has 224 valence electrons. The van der Waals surface area contributed by atoms with E-state index in [1.165, 1.54) is 18.3 Å². The number of aromatic nitrogens is 3. The minimum Gasteiger partial charge on any atom is -0.497 e. The summed E-state index contributed by atoms with van der Waals surface area (Å²) < 4.78 is 36.9. The number of pyridine rings is 3. The summed E-state index contributed by atoms with van der Waals surface area (Å²) in [5.74, 6) is 1.35. The van der Waals surface area contributed by atoms with E-state index >= 15 is 0 Å². The van der Waals surface area contributed by atoms with E-state index in [0.29, 0.717) is 54.4 Å². The van der Waals surface area contributed by atoms with E-state index in [0.717, 1.165) is 11.1 Å². The fourth-order valence-corrected chi connectivity index (χ4v) is 5.45. The Kier molecular flexibility index (Phi) is 8.96. The van der Waals surface area contributed by atoms with Crippen molar-refractivity contribution < 1.29 is 28.2 Å². The second-order valence-corrected chi connectivity index (χ2v) is 11.0. The Labute approximate surface area is 249 Å². The molecule has 0 aliphatic heterocycles. The van der Waals surface area contributed by atoms with Crippen molar-refractivity contribution in [3.63, 3.8) is 0 Å². The van der Waals surface area contributed by atoms with Gasteiger partial charge < -0.3 is 19.9 Å². The second-order valence-electron chi connectivity index (χ2n) is 11.0. The zero-order chi connectivity index (χ0) is 30.6. The average molecular weight is 589 g/mol. The van der Waals surface area contributed by atoms with Gasteiger partial charge >= 0.3 is 5.97 Å². The fourth-order valence-electron chi connectivity index (χ4n) is 5.45. The number of alkyl halides is 2. The van der Waals surface area contributed by atoms with Crippen LogP contribution in [0.2, 0.25) is 0 Å². The van der Waals surface area contributed by atoms with Crippen molar-refractivity contribution in [3.05, 3.63) is 89.9 Å². The van der Waals surface area contributed by atoms with Crippen molar-refractivity contribution >= 4 is 17.6 Å². The number of aliphatic hydroxyl groups is 1. The van der Waals surface area contributed by atoms with Gasteiger partial charge in [0.1, 0.15) is 28.7 Å².